The van der Waals surface area contributed by atoms with Gasteiger partial charge in [-0.05, 0) is 74.1 Å². The molecule has 0 spiro atoms. The van der Waals surface area contributed by atoms with Gasteiger partial charge in [0.1, 0.15) is 0 Å². The maximum absolute atomic E-state index is 12.8. The smallest absolute Gasteiger partial charge is 0.224 e. The molecular formula is C27H36ClN3O. The Morgan fingerprint density at radius 3 is 2.03 bits per heavy atom. The number of likely N-dealkylation sites (tertiary alicyclic amines) is 2. The van der Waals surface area contributed by atoms with Gasteiger partial charge in [0.15, 0.2) is 0 Å². The average Bonchev–Trinajstić information content (AvgIpc) is 3.09. The number of piperidine rings is 1. The van der Waals surface area contributed by atoms with E-state index in [9.17, 15) is 4.79 Å². The molecule has 2 heterocycles. The van der Waals surface area contributed by atoms with Crippen LogP contribution in [0.25, 0.3) is 0 Å². The molecule has 2 aromatic rings. The summed E-state index contributed by atoms with van der Waals surface area (Å²) < 4.78 is 0. The van der Waals surface area contributed by atoms with Crippen molar-refractivity contribution in [2.45, 2.75) is 58.2 Å². The highest BCUT2D eigenvalue weighted by molar-refractivity contribution is 6.30. The minimum atomic E-state index is 0.0679. The number of benzene rings is 2. The highest BCUT2D eigenvalue weighted by Crippen LogP contribution is 2.20. The molecule has 2 aliphatic heterocycles. The zero-order valence-corrected chi connectivity index (χ0v) is 19.8. The van der Waals surface area contributed by atoms with Gasteiger partial charge in [0.05, 0.1) is 5.92 Å². The summed E-state index contributed by atoms with van der Waals surface area (Å²) in [6, 6.07) is 16.8. The molecule has 2 saturated heterocycles. The van der Waals surface area contributed by atoms with Crippen LogP contribution in [-0.4, -0.2) is 41.9 Å². The summed E-state index contributed by atoms with van der Waals surface area (Å²) in [6.45, 7) is 6.82. The predicted octanol–water partition coefficient (Wildman–Crippen LogP) is 5.24. The van der Waals surface area contributed by atoms with Gasteiger partial charge < -0.3 is 5.32 Å². The van der Waals surface area contributed by atoms with Gasteiger partial charge in [-0.15, -0.1) is 0 Å². The summed E-state index contributed by atoms with van der Waals surface area (Å²) in [7, 11) is 0. The molecule has 1 atom stereocenters. The van der Waals surface area contributed by atoms with E-state index in [1.807, 2.05) is 12.1 Å². The van der Waals surface area contributed by atoms with E-state index in [1.54, 1.807) is 0 Å². The molecule has 0 aromatic heterocycles. The topological polar surface area (TPSA) is 35.6 Å². The van der Waals surface area contributed by atoms with Crippen molar-refractivity contribution in [2.75, 3.05) is 26.2 Å². The summed E-state index contributed by atoms with van der Waals surface area (Å²) in [4.78, 5) is 17.8. The second-order valence-electron chi connectivity index (χ2n) is 9.43. The van der Waals surface area contributed by atoms with Crippen molar-refractivity contribution in [3.05, 3.63) is 70.2 Å². The molecule has 4 nitrogen and oxygen atoms in total. The zero-order valence-electron chi connectivity index (χ0n) is 19.1. The number of nitrogens with one attached hydrogen (secondary N) is 1. The van der Waals surface area contributed by atoms with E-state index >= 15 is 0 Å². The monoisotopic (exact) mass is 453 g/mol. The highest BCUT2D eigenvalue weighted by atomic mass is 35.5. The normalized spacial score (nSPS) is 20.6. The van der Waals surface area contributed by atoms with Crippen LogP contribution < -0.4 is 5.32 Å². The molecule has 172 valence electrons. The van der Waals surface area contributed by atoms with Crippen molar-refractivity contribution in [3.8, 4) is 0 Å². The highest BCUT2D eigenvalue weighted by Gasteiger charge is 2.25. The van der Waals surface area contributed by atoms with Crippen LogP contribution >= 0.6 is 11.6 Å². The summed E-state index contributed by atoms with van der Waals surface area (Å²) in [6.07, 6.45) is 7.42. The minimum absolute atomic E-state index is 0.0679. The number of hydrogen-bond acceptors (Lipinski definition) is 3. The molecule has 0 aliphatic carbocycles. The van der Waals surface area contributed by atoms with E-state index in [-0.39, 0.29) is 11.8 Å². The molecule has 0 bridgehead atoms. The van der Waals surface area contributed by atoms with Crippen molar-refractivity contribution in [1.29, 1.82) is 0 Å². The van der Waals surface area contributed by atoms with E-state index in [0.717, 1.165) is 44.0 Å². The first kappa shape index (κ1) is 23.3. The standard InChI is InChI=1S/C27H36ClN3O/c28-26-13-11-24(12-14-26)20-31-17-5-6-25(21-31)27(32)29-18-22-7-9-23(10-8-22)19-30-15-3-1-2-4-16-30/h7-14,25H,1-6,15-21H2,(H,29,32). The van der Waals surface area contributed by atoms with E-state index in [0.29, 0.717) is 6.54 Å². The van der Waals surface area contributed by atoms with Crippen LogP contribution in [0, 0.1) is 5.92 Å². The molecule has 2 aliphatic rings. The van der Waals surface area contributed by atoms with Gasteiger partial charge in [-0.2, -0.15) is 0 Å². The summed E-state index contributed by atoms with van der Waals surface area (Å²) in [5.74, 6) is 0.248. The molecule has 1 amide bonds. The van der Waals surface area contributed by atoms with Gasteiger partial charge in [-0.1, -0.05) is 60.8 Å². The number of nitrogens with zero attached hydrogens (tertiary/aromatic N) is 2. The van der Waals surface area contributed by atoms with Gasteiger partial charge in [0.25, 0.3) is 0 Å². The molecule has 5 heteroatoms. The summed E-state index contributed by atoms with van der Waals surface area (Å²) >= 11 is 5.99. The molecule has 0 radical (unpaired) electrons. The van der Waals surface area contributed by atoms with Crippen LogP contribution in [0.3, 0.4) is 0 Å². The van der Waals surface area contributed by atoms with E-state index in [2.05, 4.69) is 51.5 Å². The van der Waals surface area contributed by atoms with Crippen LogP contribution in [0.1, 0.15) is 55.2 Å². The Kier molecular flexibility index (Phi) is 8.61. The van der Waals surface area contributed by atoms with Crippen LogP contribution in [0.5, 0.6) is 0 Å². The Morgan fingerprint density at radius 1 is 0.781 bits per heavy atom. The Balaban J connectivity index is 1.22. The van der Waals surface area contributed by atoms with Crippen molar-refractivity contribution in [1.82, 2.24) is 15.1 Å². The number of rotatable bonds is 7. The first-order valence-corrected chi connectivity index (χ1v) is 12.6. The van der Waals surface area contributed by atoms with Crippen LogP contribution in [0.15, 0.2) is 48.5 Å². The van der Waals surface area contributed by atoms with Crippen molar-refractivity contribution < 1.29 is 4.79 Å². The Labute approximate surface area is 197 Å². The number of halogens is 1. The molecule has 1 N–H and O–H groups in total. The van der Waals surface area contributed by atoms with E-state index in [4.69, 9.17) is 11.6 Å². The molecule has 1 unspecified atom stereocenters. The quantitative estimate of drug-likeness (QED) is 0.622. The van der Waals surface area contributed by atoms with Crippen LogP contribution in [0.2, 0.25) is 5.02 Å². The lowest BCUT2D eigenvalue weighted by Gasteiger charge is -2.32. The third-order valence-corrected chi connectivity index (χ3v) is 7.04. The number of carbonyl (C=O) groups excluding carboxylic acids is 1. The lowest BCUT2D eigenvalue weighted by atomic mass is 9.96. The van der Waals surface area contributed by atoms with Crippen molar-refractivity contribution in [3.63, 3.8) is 0 Å². The van der Waals surface area contributed by atoms with Gasteiger partial charge in [0.2, 0.25) is 5.91 Å². The van der Waals surface area contributed by atoms with Crippen LogP contribution in [-0.2, 0) is 24.4 Å². The fourth-order valence-corrected chi connectivity index (χ4v) is 5.04. The summed E-state index contributed by atoms with van der Waals surface area (Å²) in [5.41, 5.74) is 3.79. The molecule has 32 heavy (non-hydrogen) atoms. The fourth-order valence-electron chi connectivity index (χ4n) is 4.91. The van der Waals surface area contributed by atoms with Gasteiger partial charge in [-0.25, -0.2) is 0 Å². The number of amides is 1. The third kappa shape index (κ3) is 7.06. The van der Waals surface area contributed by atoms with Gasteiger partial charge in [-0.3, -0.25) is 14.6 Å². The van der Waals surface area contributed by atoms with E-state index < -0.39 is 0 Å². The number of carbonyl (C=O) groups is 1. The van der Waals surface area contributed by atoms with Gasteiger partial charge in [0, 0.05) is 31.2 Å². The Morgan fingerprint density at radius 2 is 1.34 bits per heavy atom. The second kappa shape index (κ2) is 11.8. The predicted molar refractivity (Wildman–Crippen MR) is 131 cm³/mol. The fraction of sp³-hybridized carbons (Fsp3) is 0.519. The molecule has 2 aromatic carbocycles. The first-order chi connectivity index (χ1) is 15.7. The SMILES string of the molecule is O=C(NCc1ccc(CN2CCCCCC2)cc1)C1CCCN(Cc2ccc(Cl)cc2)C1. The zero-order chi connectivity index (χ0) is 22.2. The second-order valence-corrected chi connectivity index (χ2v) is 9.86. The first-order valence-electron chi connectivity index (χ1n) is 12.2. The molecule has 4 rings (SSSR count). The number of hydrogen-bond donors (Lipinski definition) is 1. The Hall–Kier alpha value is -1.88. The maximum atomic E-state index is 12.8. The van der Waals surface area contributed by atoms with Crippen molar-refractivity contribution in [2.24, 2.45) is 5.92 Å². The van der Waals surface area contributed by atoms with Crippen molar-refractivity contribution >= 4 is 17.5 Å². The Bertz CT molecular complexity index is 844. The lowest BCUT2D eigenvalue weighted by Crippen LogP contribution is -2.42. The third-order valence-electron chi connectivity index (χ3n) is 6.79. The molecule has 2 fully saturated rings. The van der Waals surface area contributed by atoms with Gasteiger partial charge >= 0.3 is 0 Å². The maximum Gasteiger partial charge on any atom is 0.224 e. The molecule has 0 saturated carbocycles. The van der Waals surface area contributed by atoms with Crippen LogP contribution in [0.4, 0.5) is 0 Å². The average molecular weight is 454 g/mol. The summed E-state index contributed by atoms with van der Waals surface area (Å²) in [5, 5.41) is 3.94. The lowest BCUT2D eigenvalue weighted by molar-refractivity contribution is -0.126. The largest absolute Gasteiger partial charge is 0.352 e. The minimum Gasteiger partial charge on any atom is -0.352 e. The molecular weight excluding hydrogens is 418 g/mol. The van der Waals surface area contributed by atoms with E-state index in [1.165, 1.54) is 55.5 Å².